The van der Waals surface area contributed by atoms with Crippen LogP contribution in [0.5, 0.6) is 0 Å². The summed E-state index contributed by atoms with van der Waals surface area (Å²) in [4.78, 5) is 11.8. The number of nitrogens with one attached hydrogen (secondary N) is 2. The van der Waals surface area contributed by atoms with E-state index >= 15 is 0 Å². The molecule has 0 spiro atoms. The first kappa shape index (κ1) is 20.6. The van der Waals surface area contributed by atoms with Crippen LogP contribution < -0.4 is 10.0 Å². The molecule has 0 radical (unpaired) electrons. The number of hydrogen-bond acceptors (Lipinski definition) is 4. The van der Waals surface area contributed by atoms with Crippen LogP contribution >= 0.6 is 0 Å². The van der Waals surface area contributed by atoms with E-state index in [-0.39, 0.29) is 4.90 Å². The Balaban J connectivity index is 1.82. The number of unbranched alkanes of at least 4 members (excludes halogenated alkanes) is 1. The van der Waals surface area contributed by atoms with Crippen molar-refractivity contribution in [2.75, 3.05) is 6.54 Å². The number of urea groups is 1. The molecule has 1 heterocycles. The molecule has 152 valence electrons. The van der Waals surface area contributed by atoms with Crippen LogP contribution in [0.3, 0.4) is 0 Å². The highest BCUT2D eigenvalue weighted by molar-refractivity contribution is 7.90. The Kier molecular flexibility index (Phi) is 6.33. The lowest BCUT2D eigenvalue weighted by molar-refractivity contribution is 0.245. The van der Waals surface area contributed by atoms with Crippen molar-refractivity contribution >= 4 is 16.1 Å². The Morgan fingerprint density at radius 1 is 1.07 bits per heavy atom. The monoisotopic (exact) mass is 412 g/mol. The van der Waals surface area contributed by atoms with Crippen LogP contribution in [-0.2, 0) is 10.0 Å². The third-order valence-corrected chi connectivity index (χ3v) is 5.68. The van der Waals surface area contributed by atoms with Gasteiger partial charge in [0.15, 0.2) is 0 Å². The van der Waals surface area contributed by atoms with Crippen LogP contribution in [0.15, 0.2) is 65.6 Å². The van der Waals surface area contributed by atoms with Crippen molar-refractivity contribution in [3.8, 4) is 16.9 Å². The molecule has 0 aliphatic heterocycles. The number of rotatable bonds is 7. The van der Waals surface area contributed by atoms with Crippen molar-refractivity contribution in [1.82, 2.24) is 19.8 Å². The highest BCUT2D eigenvalue weighted by atomic mass is 32.2. The van der Waals surface area contributed by atoms with Crippen molar-refractivity contribution in [1.29, 1.82) is 0 Å². The molecular weight excluding hydrogens is 388 g/mol. The number of nitrogens with zero attached hydrogens (tertiary/aromatic N) is 2. The Morgan fingerprint density at radius 2 is 1.76 bits per heavy atom. The maximum atomic E-state index is 12.4. The van der Waals surface area contributed by atoms with E-state index in [1.54, 1.807) is 16.8 Å². The summed E-state index contributed by atoms with van der Waals surface area (Å²) in [5.41, 5.74) is 3.50. The summed E-state index contributed by atoms with van der Waals surface area (Å²) >= 11 is 0. The summed E-state index contributed by atoms with van der Waals surface area (Å²) in [5, 5.41) is 7.06. The van der Waals surface area contributed by atoms with Gasteiger partial charge >= 0.3 is 6.03 Å². The van der Waals surface area contributed by atoms with Crippen molar-refractivity contribution in [2.24, 2.45) is 0 Å². The molecule has 7 nitrogen and oxygen atoms in total. The molecule has 2 amide bonds. The molecule has 3 aromatic rings. The number of aryl methyl sites for hydroxylation is 1. The number of amides is 2. The van der Waals surface area contributed by atoms with Gasteiger partial charge in [0.05, 0.1) is 22.0 Å². The minimum Gasteiger partial charge on any atom is -0.337 e. The number of carbonyl (C=O) groups is 1. The first-order chi connectivity index (χ1) is 13.9. The van der Waals surface area contributed by atoms with E-state index in [0.717, 1.165) is 35.5 Å². The third kappa shape index (κ3) is 5.03. The highest BCUT2D eigenvalue weighted by Gasteiger charge is 2.18. The number of carbonyl (C=O) groups excluding carboxylic acids is 1. The van der Waals surface area contributed by atoms with E-state index in [1.165, 1.54) is 12.1 Å². The lowest BCUT2D eigenvalue weighted by Crippen LogP contribution is -2.39. The van der Waals surface area contributed by atoms with E-state index in [2.05, 4.69) is 10.4 Å². The van der Waals surface area contributed by atoms with E-state index in [1.807, 2.05) is 55.0 Å². The van der Waals surface area contributed by atoms with Gasteiger partial charge in [0, 0.05) is 12.1 Å². The average molecular weight is 413 g/mol. The van der Waals surface area contributed by atoms with Gasteiger partial charge in [-0.25, -0.2) is 22.6 Å². The van der Waals surface area contributed by atoms with Gasteiger partial charge in [-0.05, 0) is 43.7 Å². The largest absolute Gasteiger partial charge is 0.337 e. The summed E-state index contributed by atoms with van der Waals surface area (Å²) < 4.78 is 28.6. The minimum atomic E-state index is -3.94. The number of benzene rings is 2. The van der Waals surface area contributed by atoms with Crippen LogP contribution in [0.2, 0.25) is 0 Å². The van der Waals surface area contributed by atoms with E-state index < -0.39 is 16.1 Å². The van der Waals surface area contributed by atoms with Gasteiger partial charge in [-0.1, -0.05) is 43.7 Å². The number of hydrogen-bond donors (Lipinski definition) is 2. The predicted molar refractivity (Wildman–Crippen MR) is 112 cm³/mol. The Labute approximate surface area is 170 Å². The molecule has 8 heteroatoms. The summed E-state index contributed by atoms with van der Waals surface area (Å²) in [5.74, 6) is 0. The zero-order chi connectivity index (χ0) is 20.9. The van der Waals surface area contributed by atoms with Crippen LogP contribution in [-0.4, -0.2) is 30.8 Å². The Bertz CT molecular complexity index is 1070. The highest BCUT2D eigenvalue weighted by Crippen LogP contribution is 2.24. The predicted octanol–water partition coefficient (Wildman–Crippen LogP) is 3.64. The van der Waals surface area contributed by atoms with Gasteiger partial charge in [0.1, 0.15) is 0 Å². The molecule has 0 aliphatic carbocycles. The van der Waals surface area contributed by atoms with Gasteiger partial charge < -0.3 is 5.32 Å². The number of sulfonamides is 1. The van der Waals surface area contributed by atoms with Crippen LogP contribution in [0.4, 0.5) is 4.79 Å². The molecule has 0 fully saturated rings. The van der Waals surface area contributed by atoms with Crippen LogP contribution in [0, 0.1) is 6.92 Å². The second-order valence-corrected chi connectivity index (χ2v) is 8.34. The molecule has 0 saturated carbocycles. The van der Waals surface area contributed by atoms with Crippen molar-refractivity contribution in [2.45, 2.75) is 31.6 Å². The molecule has 0 unspecified atom stereocenters. The van der Waals surface area contributed by atoms with Gasteiger partial charge in [0.25, 0.3) is 10.0 Å². The second kappa shape index (κ2) is 8.91. The quantitative estimate of drug-likeness (QED) is 0.580. The minimum absolute atomic E-state index is 0.0111. The van der Waals surface area contributed by atoms with Crippen LogP contribution in [0.1, 0.15) is 25.5 Å². The SMILES string of the molecule is CCCCNC(=O)NS(=O)(=O)c1ccc(-n2nc(C)cc2-c2ccccc2)cc1. The first-order valence-corrected chi connectivity index (χ1v) is 10.9. The van der Waals surface area contributed by atoms with E-state index in [9.17, 15) is 13.2 Å². The molecule has 2 aromatic carbocycles. The van der Waals surface area contributed by atoms with E-state index in [0.29, 0.717) is 6.54 Å². The fourth-order valence-corrected chi connectivity index (χ4v) is 3.80. The zero-order valence-electron chi connectivity index (χ0n) is 16.4. The van der Waals surface area contributed by atoms with Crippen molar-refractivity contribution < 1.29 is 13.2 Å². The maximum absolute atomic E-state index is 12.4. The molecule has 3 rings (SSSR count). The van der Waals surface area contributed by atoms with Crippen LogP contribution in [0.25, 0.3) is 16.9 Å². The third-order valence-electron chi connectivity index (χ3n) is 4.34. The normalized spacial score (nSPS) is 11.2. The van der Waals surface area contributed by atoms with E-state index in [4.69, 9.17) is 0 Å². The van der Waals surface area contributed by atoms with Gasteiger partial charge in [-0.2, -0.15) is 5.10 Å². The van der Waals surface area contributed by atoms with Gasteiger partial charge in [0.2, 0.25) is 0 Å². The molecule has 2 N–H and O–H groups in total. The molecule has 0 saturated heterocycles. The zero-order valence-corrected chi connectivity index (χ0v) is 17.2. The topological polar surface area (TPSA) is 93.1 Å². The summed E-state index contributed by atoms with van der Waals surface area (Å²) in [6, 6.07) is 17.3. The summed E-state index contributed by atoms with van der Waals surface area (Å²) in [6.45, 7) is 4.32. The second-order valence-electron chi connectivity index (χ2n) is 6.66. The molecular formula is C21H24N4O3S. The fraction of sp³-hybridized carbons (Fsp3) is 0.238. The smallest absolute Gasteiger partial charge is 0.328 e. The standard InChI is InChI=1S/C21H24N4O3S/c1-3-4-14-22-21(26)24-29(27,28)19-12-10-18(11-13-19)25-20(15-16(2)23-25)17-8-6-5-7-9-17/h5-13,15H,3-4,14H2,1-2H3,(H2,22,24,26). The molecule has 0 bridgehead atoms. The fourth-order valence-electron chi connectivity index (χ4n) is 2.87. The molecule has 1 aromatic heterocycles. The molecule has 0 atom stereocenters. The lowest BCUT2D eigenvalue weighted by atomic mass is 10.1. The lowest BCUT2D eigenvalue weighted by Gasteiger charge is -2.10. The van der Waals surface area contributed by atoms with Crippen molar-refractivity contribution in [3.05, 3.63) is 66.4 Å². The Morgan fingerprint density at radius 3 is 2.41 bits per heavy atom. The first-order valence-electron chi connectivity index (χ1n) is 9.44. The molecule has 0 aliphatic rings. The van der Waals surface area contributed by atoms with Crippen molar-refractivity contribution in [3.63, 3.8) is 0 Å². The summed E-state index contributed by atoms with van der Waals surface area (Å²) in [6.07, 6.45) is 1.70. The average Bonchev–Trinajstić information content (AvgIpc) is 3.10. The maximum Gasteiger partial charge on any atom is 0.328 e. The number of aromatic nitrogens is 2. The van der Waals surface area contributed by atoms with Gasteiger partial charge in [-0.15, -0.1) is 0 Å². The Hall–Kier alpha value is -3.13. The molecule has 29 heavy (non-hydrogen) atoms. The summed E-state index contributed by atoms with van der Waals surface area (Å²) in [7, 11) is -3.94. The van der Waals surface area contributed by atoms with Gasteiger partial charge in [-0.3, -0.25) is 0 Å².